The summed E-state index contributed by atoms with van der Waals surface area (Å²) in [5, 5.41) is 6.04. The van der Waals surface area contributed by atoms with Crippen LogP contribution in [0.2, 0.25) is 0 Å². The van der Waals surface area contributed by atoms with E-state index in [1.54, 1.807) is 6.20 Å². The molecule has 0 aliphatic rings. The number of amides is 1. The molecule has 0 atom stereocenters. The first-order chi connectivity index (χ1) is 8.42. The molecule has 4 heteroatoms. The monoisotopic (exact) mass is 249 g/mol. The number of hydrogen-bond acceptors (Lipinski definition) is 3. The largest absolute Gasteiger partial charge is 0.350 e. The van der Waals surface area contributed by atoms with E-state index in [1.165, 1.54) is 5.56 Å². The van der Waals surface area contributed by atoms with Crippen LogP contribution in [0.15, 0.2) is 18.3 Å². The van der Waals surface area contributed by atoms with Crippen LogP contribution in [0.5, 0.6) is 0 Å². The molecule has 0 unspecified atom stereocenters. The third-order valence-electron chi connectivity index (χ3n) is 2.46. The van der Waals surface area contributed by atoms with Gasteiger partial charge >= 0.3 is 0 Å². The molecule has 0 radical (unpaired) electrons. The molecule has 0 aromatic carbocycles. The highest BCUT2D eigenvalue weighted by Gasteiger charge is 2.13. The van der Waals surface area contributed by atoms with Crippen LogP contribution < -0.4 is 10.6 Å². The normalized spacial score (nSPS) is 11.3. The Hall–Kier alpha value is -1.42. The molecule has 0 bridgehead atoms. The zero-order valence-corrected chi connectivity index (χ0v) is 11.7. The molecule has 0 saturated heterocycles. The standard InChI is InChI=1S/C14H23N3O/c1-5-11-7-6-8-16-12(11)9-15-10-13(18)17-14(2,3)4/h6-8,15H,5,9-10H2,1-4H3,(H,17,18). The van der Waals surface area contributed by atoms with Gasteiger partial charge in [-0.1, -0.05) is 13.0 Å². The van der Waals surface area contributed by atoms with Gasteiger partial charge in [0, 0.05) is 18.3 Å². The van der Waals surface area contributed by atoms with Crippen molar-refractivity contribution in [1.29, 1.82) is 0 Å². The number of aromatic nitrogens is 1. The highest BCUT2D eigenvalue weighted by Crippen LogP contribution is 2.05. The lowest BCUT2D eigenvalue weighted by atomic mass is 10.1. The average molecular weight is 249 g/mol. The Morgan fingerprint density at radius 2 is 2.11 bits per heavy atom. The molecule has 1 aromatic rings. The van der Waals surface area contributed by atoms with Crippen molar-refractivity contribution < 1.29 is 4.79 Å². The van der Waals surface area contributed by atoms with Crippen molar-refractivity contribution in [2.24, 2.45) is 0 Å². The number of aryl methyl sites for hydroxylation is 1. The van der Waals surface area contributed by atoms with Gasteiger partial charge in [0.1, 0.15) is 0 Å². The first-order valence-electron chi connectivity index (χ1n) is 6.37. The van der Waals surface area contributed by atoms with Crippen molar-refractivity contribution in [2.45, 2.75) is 46.2 Å². The lowest BCUT2D eigenvalue weighted by Gasteiger charge is -2.20. The van der Waals surface area contributed by atoms with Crippen LogP contribution in [0.1, 0.15) is 39.0 Å². The SMILES string of the molecule is CCc1cccnc1CNCC(=O)NC(C)(C)C. The van der Waals surface area contributed by atoms with E-state index in [2.05, 4.69) is 28.6 Å². The van der Waals surface area contributed by atoms with Crippen molar-refractivity contribution in [3.05, 3.63) is 29.6 Å². The smallest absolute Gasteiger partial charge is 0.234 e. The van der Waals surface area contributed by atoms with E-state index >= 15 is 0 Å². The van der Waals surface area contributed by atoms with Gasteiger partial charge in [0.05, 0.1) is 12.2 Å². The van der Waals surface area contributed by atoms with E-state index in [0.717, 1.165) is 12.1 Å². The number of rotatable bonds is 5. The molecule has 0 saturated carbocycles. The fourth-order valence-electron chi connectivity index (χ4n) is 1.71. The molecular weight excluding hydrogens is 226 g/mol. The molecule has 0 aliphatic heterocycles. The van der Waals surface area contributed by atoms with Gasteiger partial charge in [0.15, 0.2) is 0 Å². The third-order valence-corrected chi connectivity index (χ3v) is 2.46. The molecule has 100 valence electrons. The summed E-state index contributed by atoms with van der Waals surface area (Å²) in [6, 6.07) is 4.01. The summed E-state index contributed by atoms with van der Waals surface area (Å²) in [4.78, 5) is 15.9. The highest BCUT2D eigenvalue weighted by atomic mass is 16.2. The Labute approximate surface area is 109 Å². The van der Waals surface area contributed by atoms with Gasteiger partial charge in [-0.15, -0.1) is 0 Å². The number of nitrogens with zero attached hydrogens (tertiary/aromatic N) is 1. The quantitative estimate of drug-likeness (QED) is 0.834. The topological polar surface area (TPSA) is 54.0 Å². The zero-order chi connectivity index (χ0) is 13.6. The fourth-order valence-corrected chi connectivity index (χ4v) is 1.71. The molecule has 4 nitrogen and oxygen atoms in total. The summed E-state index contributed by atoms with van der Waals surface area (Å²) >= 11 is 0. The molecular formula is C14H23N3O. The van der Waals surface area contributed by atoms with Crippen molar-refractivity contribution in [2.75, 3.05) is 6.54 Å². The van der Waals surface area contributed by atoms with E-state index in [9.17, 15) is 4.79 Å². The Morgan fingerprint density at radius 1 is 1.39 bits per heavy atom. The van der Waals surface area contributed by atoms with Gasteiger partial charge in [0.2, 0.25) is 5.91 Å². The van der Waals surface area contributed by atoms with Gasteiger partial charge in [-0.3, -0.25) is 9.78 Å². The maximum absolute atomic E-state index is 11.6. The zero-order valence-electron chi connectivity index (χ0n) is 11.7. The second-order valence-corrected chi connectivity index (χ2v) is 5.36. The number of hydrogen-bond donors (Lipinski definition) is 2. The molecule has 0 fully saturated rings. The number of pyridine rings is 1. The van der Waals surface area contributed by atoms with E-state index in [0.29, 0.717) is 13.1 Å². The Balaban J connectivity index is 2.40. The van der Waals surface area contributed by atoms with Crippen molar-refractivity contribution >= 4 is 5.91 Å². The number of nitrogens with one attached hydrogen (secondary N) is 2. The van der Waals surface area contributed by atoms with E-state index in [4.69, 9.17) is 0 Å². The van der Waals surface area contributed by atoms with Crippen LogP contribution in [0.3, 0.4) is 0 Å². The Morgan fingerprint density at radius 3 is 2.72 bits per heavy atom. The molecule has 0 aliphatic carbocycles. The first-order valence-corrected chi connectivity index (χ1v) is 6.37. The minimum absolute atomic E-state index is 0.0106. The number of carbonyl (C=O) groups is 1. The van der Waals surface area contributed by atoms with Gasteiger partial charge in [-0.2, -0.15) is 0 Å². The Bertz CT molecular complexity index is 396. The third kappa shape index (κ3) is 5.27. The first kappa shape index (κ1) is 14.6. The Kier molecular flexibility index (Phi) is 5.28. The summed E-state index contributed by atoms with van der Waals surface area (Å²) in [5.74, 6) is 0.0106. The fraction of sp³-hybridized carbons (Fsp3) is 0.571. The average Bonchev–Trinajstić information content (AvgIpc) is 2.27. The van der Waals surface area contributed by atoms with E-state index in [-0.39, 0.29) is 11.4 Å². The lowest BCUT2D eigenvalue weighted by molar-refractivity contribution is -0.121. The molecule has 1 rings (SSSR count). The summed E-state index contributed by atoms with van der Waals surface area (Å²) in [5.41, 5.74) is 2.06. The molecule has 18 heavy (non-hydrogen) atoms. The van der Waals surface area contributed by atoms with Gasteiger partial charge < -0.3 is 10.6 Å². The summed E-state index contributed by atoms with van der Waals surface area (Å²) in [7, 11) is 0. The lowest BCUT2D eigenvalue weighted by Crippen LogP contribution is -2.44. The van der Waals surface area contributed by atoms with Crippen LogP contribution in [0.25, 0.3) is 0 Å². The number of carbonyl (C=O) groups excluding carboxylic acids is 1. The molecule has 0 spiro atoms. The van der Waals surface area contributed by atoms with Crippen molar-refractivity contribution in [3.8, 4) is 0 Å². The minimum Gasteiger partial charge on any atom is -0.350 e. The van der Waals surface area contributed by atoms with E-state index < -0.39 is 0 Å². The van der Waals surface area contributed by atoms with Gasteiger partial charge in [-0.05, 0) is 38.8 Å². The predicted molar refractivity (Wildman–Crippen MR) is 73.2 cm³/mol. The summed E-state index contributed by atoms with van der Waals surface area (Å²) in [6.45, 7) is 8.96. The predicted octanol–water partition coefficient (Wildman–Crippen LogP) is 1.65. The van der Waals surface area contributed by atoms with Crippen LogP contribution >= 0.6 is 0 Å². The second-order valence-electron chi connectivity index (χ2n) is 5.36. The van der Waals surface area contributed by atoms with Crippen LogP contribution in [0, 0.1) is 0 Å². The van der Waals surface area contributed by atoms with E-state index in [1.807, 2.05) is 26.8 Å². The van der Waals surface area contributed by atoms with Crippen molar-refractivity contribution in [1.82, 2.24) is 15.6 Å². The molecule has 1 heterocycles. The maximum atomic E-state index is 11.6. The van der Waals surface area contributed by atoms with Crippen LogP contribution in [0.4, 0.5) is 0 Å². The summed E-state index contributed by atoms with van der Waals surface area (Å²) < 4.78 is 0. The molecule has 1 aromatic heterocycles. The van der Waals surface area contributed by atoms with Gasteiger partial charge in [0.25, 0.3) is 0 Å². The highest BCUT2D eigenvalue weighted by molar-refractivity contribution is 5.78. The maximum Gasteiger partial charge on any atom is 0.234 e. The van der Waals surface area contributed by atoms with Crippen molar-refractivity contribution in [3.63, 3.8) is 0 Å². The van der Waals surface area contributed by atoms with Crippen LogP contribution in [-0.2, 0) is 17.8 Å². The summed E-state index contributed by atoms with van der Waals surface area (Å²) in [6.07, 6.45) is 2.74. The van der Waals surface area contributed by atoms with Gasteiger partial charge in [-0.25, -0.2) is 0 Å². The van der Waals surface area contributed by atoms with Crippen LogP contribution in [-0.4, -0.2) is 23.0 Å². The second kappa shape index (κ2) is 6.50. The minimum atomic E-state index is -0.182. The molecule has 1 amide bonds. The molecule has 2 N–H and O–H groups in total.